The second kappa shape index (κ2) is 16.0. The van der Waals surface area contributed by atoms with Crippen LogP contribution in [0.4, 0.5) is 36.4 Å². The minimum absolute atomic E-state index is 0.0576. The summed E-state index contributed by atoms with van der Waals surface area (Å²) in [7, 11) is 0. The number of aromatic nitrogens is 5. The summed E-state index contributed by atoms with van der Waals surface area (Å²) in [5.74, 6) is -5.10. The highest BCUT2D eigenvalue weighted by atomic mass is 35.5. The number of benzene rings is 3. The molecule has 3 aromatic carbocycles. The first kappa shape index (κ1) is 37.9. The Morgan fingerprint density at radius 3 is 2.18 bits per heavy atom. The monoisotopic (exact) mass is 776 g/mol. The summed E-state index contributed by atoms with van der Waals surface area (Å²) in [5.41, 5.74) is 0.769. The highest BCUT2D eigenvalue weighted by Crippen LogP contribution is 2.48. The maximum Gasteiger partial charge on any atom is 0.422 e. The van der Waals surface area contributed by atoms with Crippen molar-refractivity contribution in [3.63, 3.8) is 0 Å². The van der Waals surface area contributed by atoms with Crippen LogP contribution in [0.5, 0.6) is 6.01 Å². The second-order valence-corrected chi connectivity index (χ2v) is 12.3. The van der Waals surface area contributed by atoms with E-state index < -0.39 is 60.3 Å². The van der Waals surface area contributed by atoms with Crippen molar-refractivity contribution in [2.24, 2.45) is 4.99 Å². The molecule has 5 aromatic rings. The number of halogens is 4. The number of aliphatic imine (C=N–C) groups is 1. The van der Waals surface area contributed by atoms with Gasteiger partial charge in [-0.2, -0.15) is 33.2 Å². The number of carbonyl (C=O) groups is 4. The number of nitrogens with one attached hydrogen (secondary N) is 4. The predicted octanol–water partition coefficient (Wildman–Crippen LogP) is 4.92. The van der Waals surface area contributed by atoms with Gasteiger partial charge < -0.3 is 31.1 Å². The highest BCUT2D eigenvalue weighted by Gasteiger charge is 2.45. The van der Waals surface area contributed by atoms with E-state index in [1.165, 1.54) is 24.3 Å². The van der Waals surface area contributed by atoms with Crippen LogP contribution < -0.4 is 26.0 Å². The van der Waals surface area contributed by atoms with Crippen LogP contribution in [-0.4, -0.2) is 78.6 Å². The number of hydrogen-bond donors (Lipinski definition) is 5. The number of aliphatic carboxylic acids is 1. The number of ether oxygens (including phenoxy) is 1. The van der Waals surface area contributed by atoms with E-state index in [0.717, 1.165) is 5.56 Å². The Labute approximate surface area is 313 Å². The maximum atomic E-state index is 12.9. The maximum absolute atomic E-state index is 12.9. The molecule has 0 aliphatic heterocycles. The zero-order chi connectivity index (χ0) is 39.2. The number of carboxylic acid groups (broad SMARTS) is 1. The summed E-state index contributed by atoms with van der Waals surface area (Å²) >= 11 is 6.01. The van der Waals surface area contributed by atoms with Crippen LogP contribution in [0.1, 0.15) is 28.8 Å². The second-order valence-electron chi connectivity index (χ2n) is 11.9. The van der Waals surface area contributed by atoms with E-state index in [2.05, 4.69) is 46.3 Å². The lowest BCUT2D eigenvalue weighted by molar-refractivity contribution is -0.154. The van der Waals surface area contributed by atoms with Crippen molar-refractivity contribution in [2.75, 3.05) is 29.1 Å². The third-order valence-corrected chi connectivity index (χ3v) is 8.12. The molecule has 0 radical (unpaired) electrons. The number of anilines is 4. The van der Waals surface area contributed by atoms with Gasteiger partial charge in [-0.15, -0.1) is 0 Å². The van der Waals surface area contributed by atoms with Gasteiger partial charge in [0.1, 0.15) is 5.71 Å². The van der Waals surface area contributed by atoms with Crippen molar-refractivity contribution >= 4 is 64.3 Å². The van der Waals surface area contributed by atoms with E-state index in [1.807, 2.05) is 12.1 Å². The Hall–Kier alpha value is -6.89. The summed E-state index contributed by atoms with van der Waals surface area (Å²) < 4.78 is 45.2. The summed E-state index contributed by atoms with van der Waals surface area (Å²) in [5, 5.41) is 24.7. The molecule has 16 nitrogen and oxygen atoms in total. The Kier molecular flexibility index (Phi) is 11.0. The van der Waals surface area contributed by atoms with Gasteiger partial charge in [-0.05, 0) is 85.1 Å². The fraction of sp³-hybridized carbons (Fsp3) is 0.171. The van der Waals surface area contributed by atoms with Crippen LogP contribution in [0.25, 0.3) is 5.69 Å². The number of carboxylic acids is 1. The smallest absolute Gasteiger partial charge is 0.422 e. The van der Waals surface area contributed by atoms with Crippen LogP contribution in [0, 0.1) is 0 Å². The average molecular weight is 777 g/mol. The molecule has 0 spiro atoms. The fourth-order valence-corrected chi connectivity index (χ4v) is 5.13. The topological polar surface area (TPSA) is 215 Å². The van der Waals surface area contributed by atoms with Crippen molar-refractivity contribution in [1.82, 2.24) is 30.0 Å². The molecule has 20 heteroatoms. The van der Waals surface area contributed by atoms with Gasteiger partial charge in [-0.3, -0.25) is 14.4 Å². The van der Waals surface area contributed by atoms with E-state index >= 15 is 0 Å². The van der Waals surface area contributed by atoms with Crippen LogP contribution in [0.3, 0.4) is 0 Å². The van der Waals surface area contributed by atoms with E-state index in [0.29, 0.717) is 29.2 Å². The van der Waals surface area contributed by atoms with Crippen LogP contribution >= 0.6 is 11.6 Å². The van der Waals surface area contributed by atoms with Crippen LogP contribution in [0.15, 0.2) is 96.2 Å². The summed E-state index contributed by atoms with van der Waals surface area (Å²) in [4.78, 5) is 65.3. The molecule has 1 aliphatic rings. The zero-order valence-electron chi connectivity index (χ0n) is 28.2. The van der Waals surface area contributed by atoms with Gasteiger partial charge in [-0.25, -0.2) is 14.5 Å². The molecule has 2 heterocycles. The number of nitrogens with zero attached hydrogens (tertiary/aromatic N) is 6. The molecule has 0 bridgehead atoms. The molecule has 6 rings (SSSR count). The van der Waals surface area contributed by atoms with Crippen molar-refractivity contribution in [3.8, 4) is 11.7 Å². The first-order valence-electron chi connectivity index (χ1n) is 16.2. The summed E-state index contributed by atoms with van der Waals surface area (Å²) in [6.45, 7) is -2.40. The molecule has 5 N–H and O–H groups in total. The first-order valence-corrected chi connectivity index (χ1v) is 16.5. The number of rotatable bonds is 13. The molecule has 0 saturated heterocycles. The Morgan fingerprint density at radius 1 is 0.891 bits per heavy atom. The van der Waals surface area contributed by atoms with Gasteiger partial charge in [-0.1, -0.05) is 23.7 Å². The first-order chi connectivity index (χ1) is 26.2. The number of carbonyl (C=O) groups excluding carboxylic acids is 3. The third-order valence-electron chi connectivity index (χ3n) is 7.87. The lowest BCUT2D eigenvalue weighted by Crippen LogP contribution is -2.40. The lowest BCUT2D eigenvalue weighted by atomic mass is 10.1. The number of hydrogen-bond acceptors (Lipinski definition) is 11. The Balaban J connectivity index is 1.09. The predicted molar refractivity (Wildman–Crippen MR) is 192 cm³/mol. The summed E-state index contributed by atoms with van der Waals surface area (Å²) in [6.07, 6.45) is 0.0423. The van der Waals surface area contributed by atoms with Gasteiger partial charge in [0, 0.05) is 34.4 Å². The van der Waals surface area contributed by atoms with Crippen molar-refractivity contribution < 1.29 is 42.2 Å². The van der Waals surface area contributed by atoms with Gasteiger partial charge in [0.2, 0.25) is 11.9 Å². The molecule has 3 amide bonds. The molecular formula is C35H28ClF3N10O6. The van der Waals surface area contributed by atoms with E-state index in [1.54, 1.807) is 59.5 Å². The largest absolute Gasteiger partial charge is 0.477 e. The van der Waals surface area contributed by atoms with Crippen molar-refractivity contribution in [2.45, 2.75) is 24.6 Å². The molecule has 282 valence electrons. The fourth-order valence-electron chi connectivity index (χ4n) is 5.00. The quantitative estimate of drug-likeness (QED) is 0.0796. The van der Waals surface area contributed by atoms with E-state index in [-0.39, 0.29) is 23.1 Å². The Morgan fingerprint density at radius 2 is 1.56 bits per heavy atom. The molecule has 2 aromatic heterocycles. The van der Waals surface area contributed by atoms with Gasteiger partial charge in [0.15, 0.2) is 6.61 Å². The molecule has 1 fully saturated rings. The SMILES string of the molecule is O=C(O)C(CNC(=O)C(=O)Nc1ccc(-n2cccn2)cc1)=NC(=O)c1ccc(Nc2nc(NC3(c4ccc(Cl)cc4)CC3)nc(OCC(F)(F)F)n2)cc1. The molecule has 0 unspecified atom stereocenters. The highest BCUT2D eigenvalue weighted by molar-refractivity contribution is 6.42. The molecule has 1 aliphatic carbocycles. The Bertz CT molecular complexity index is 2230. The van der Waals surface area contributed by atoms with Crippen LogP contribution in [-0.2, 0) is 19.9 Å². The normalized spacial score (nSPS) is 13.3. The minimum Gasteiger partial charge on any atom is -0.477 e. The average Bonchev–Trinajstić information content (AvgIpc) is 3.71. The van der Waals surface area contributed by atoms with Crippen LogP contribution in [0.2, 0.25) is 5.02 Å². The molecule has 0 atom stereocenters. The van der Waals surface area contributed by atoms with Gasteiger partial charge in [0.05, 0.1) is 17.8 Å². The van der Waals surface area contributed by atoms with Crippen molar-refractivity contribution in [3.05, 3.63) is 107 Å². The number of amides is 3. The van der Waals surface area contributed by atoms with E-state index in [4.69, 9.17) is 16.3 Å². The number of alkyl halides is 3. The zero-order valence-corrected chi connectivity index (χ0v) is 28.9. The van der Waals surface area contributed by atoms with Crippen molar-refractivity contribution in [1.29, 1.82) is 0 Å². The molecule has 1 saturated carbocycles. The third kappa shape index (κ3) is 10.2. The van der Waals surface area contributed by atoms with Gasteiger partial charge >= 0.3 is 30.0 Å². The summed E-state index contributed by atoms with van der Waals surface area (Å²) in [6, 6.07) is 20.0. The lowest BCUT2D eigenvalue weighted by Gasteiger charge is -2.19. The molecular weight excluding hydrogens is 749 g/mol. The van der Waals surface area contributed by atoms with E-state index in [9.17, 15) is 37.5 Å². The van der Waals surface area contributed by atoms with Gasteiger partial charge in [0.25, 0.3) is 5.91 Å². The standard InChI is InChI=1S/C35H28ClF3N10O6/c36-22-6-4-21(5-7-22)34(14-15-34)48-32-45-31(46-33(47-32)55-19-35(37,38)39)43-24-8-2-20(3-9-24)27(50)44-26(30(53)54)18-40-28(51)29(52)42-23-10-12-25(13-11-23)49-17-1-16-41-49/h1-13,16-17H,14-15,18-19H2,(H,40,51)(H,42,52)(H,53,54)(H2,43,45,46,47,48). The molecule has 55 heavy (non-hydrogen) atoms. The minimum atomic E-state index is -4.66.